The zero-order valence-corrected chi connectivity index (χ0v) is 28.2. The normalized spacial score (nSPS) is 41.9. The van der Waals surface area contributed by atoms with E-state index in [-0.39, 0.29) is 41.8 Å². The lowest BCUT2D eigenvalue weighted by Gasteiger charge is -2.60. The summed E-state index contributed by atoms with van der Waals surface area (Å²) in [5.41, 5.74) is -2.17. The molecule has 0 aromatic rings. The van der Waals surface area contributed by atoms with Crippen molar-refractivity contribution in [3.63, 3.8) is 0 Å². The predicted molar refractivity (Wildman–Crippen MR) is 161 cm³/mol. The summed E-state index contributed by atoms with van der Waals surface area (Å²) in [6.45, 7) is 6.38. The van der Waals surface area contributed by atoms with E-state index < -0.39 is 84.1 Å². The van der Waals surface area contributed by atoms with E-state index in [0.29, 0.717) is 25.7 Å². The van der Waals surface area contributed by atoms with Gasteiger partial charge >= 0.3 is 23.9 Å². The molecule has 14 heteroatoms. The van der Waals surface area contributed by atoms with E-state index in [0.717, 1.165) is 39.9 Å². The van der Waals surface area contributed by atoms with Crippen LogP contribution in [0.2, 0.25) is 0 Å². The van der Waals surface area contributed by atoms with Gasteiger partial charge in [-0.3, -0.25) is 24.0 Å². The molecule has 1 aliphatic heterocycles. The molecule has 4 fully saturated rings. The van der Waals surface area contributed by atoms with Crippen LogP contribution in [0.15, 0.2) is 11.6 Å². The van der Waals surface area contributed by atoms with Gasteiger partial charge in [-0.25, -0.2) is 4.79 Å². The van der Waals surface area contributed by atoms with Gasteiger partial charge in [0, 0.05) is 32.6 Å². The van der Waals surface area contributed by atoms with Gasteiger partial charge in [-0.2, -0.15) is 0 Å². The van der Waals surface area contributed by atoms with Crippen LogP contribution < -0.4 is 0 Å². The first-order chi connectivity index (χ1) is 22.5. The van der Waals surface area contributed by atoms with Gasteiger partial charge in [-0.05, 0) is 67.8 Å². The minimum absolute atomic E-state index is 0.0235. The Bertz CT molecular complexity index is 1390. The molecule has 0 aromatic heterocycles. The van der Waals surface area contributed by atoms with Gasteiger partial charge < -0.3 is 38.6 Å². The number of allylic oxidation sites excluding steroid dienone is 1. The number of rotatable bonds is 8. The van der Waals surface area contributed by atoms with Crippen molar-refractivity contribution in [2.75, 3.05) is 13.7 Å². The molecule has 1 heterocycles. The molecule has 0 spiro atoms. The molecule has 2 N–H and O–H groups in total. The summed E-state index contributed by atoms with van der Waals surface area (Å²) in [4.78, 5) is 75.2. The molecule has 5 aliphatic rings. The number of fused-ring (bicyclic) bond motifs is 5. The van der Waals surface area contributed by atoms with Crippen molar-refractivity contribution in [2.45, 2.75) is 122 Å². The highest BCUT2D eigenvalue weighted by Gasteiger charge is 2.68. The summed E-state index contributed by atoms with van der Waals surface area (Å²) in [5, 5.41) is 23.9. The SMILES string of the molecule is COC(=O)[C@H]1O[C@@H](OCC(=O)[C@@]2(O)CC[C@H]3[C@@H]4CCC5=CC(=O)CC[C@]5(C)[C@H]4[C@@H](O)C[C@@]32C)[C@H](OC(C)=O)[C@@H](OC(C)=O)[C@@H]1OC(C)=O. The average molecular weight is 679 g/mol. The van der Waals surface area contributed by atoms with E-state index in [1.54, 1.807) is 6.08 Å². The number of hydrogen-bond acceptors (Lipinski definition) is 14. The summed E-state index contributed by atoms with van der Waals surface area (Å²) in [5.74, 6) is -4.35. The molecule has 0 unspecified atom stereocenters. The second kappa shape index (κ2) is 13.3. The second-order valence-electron chi connectivity index (χ2n) is 14.4. The minimum atomic E-state index is -1.90. The average Bonchev–Trinajstić information content (AvgIpc) is 3.27. The largest absolute Gasteiger partial charge is 0.467 e. The molecule has 0 aromatic carbocycles. The Morgan fingerprint density at radius 3 is 2.17 bits per heavy atom. The number of hydrogen-bond donors (Lipinski definition) is 2. The van der Waals surface area contributed by atoms with Crippen LogP contribution in [0.1, 0.15) is 79.6 Å². The monoisotopic (exact) mass is 678 g/mol. The predicted octanol–water partition coefficient (Wildman–Crippen LogP) is 1.50. The van der Waals surface area contributed by atoms with Crippen LogP contribution in [0.4, 0.5) is 0 Å². The third-order valence-electron chi connectivity index (χ3n) is 11.7. The van der Waals surface area contributed by atoms with Crippen LogP contribution in [0.3, 0.4) is 0 Å². The Hall–Kier alpha value is -3.20. The Morgan fingerprint density at radius 2 is 1.54 bits per heavy atom. The summed E-state index contributed by atoms with van der Waals surface area (Å²) in [6.07, 6.45) is -3.88. The van der Waals surface area contributed by atoms with E-state index in [1.807, 2.05) is 6.92 Å². The van der Waals surface area contributed by atoms with Crippen molar-refractivity contribution in [3.05, 3.63) is 11.6 Å². The smallest absolute Gasteiger partial charge is 0.339 e. The third kappa shape index (κ3) is 6.09. The molecule has 1 saturated heterocycles. The molecule has 5 rings (SSSR count). The summed E-state index contributed by atoms with van der Waals surface area (Å²) >= 11 is 0. The van der Waals surface area contributed by atoms with Gasteiger partial charge in [0.15, 0.2) is 42.3 Å². The quantitative estimate of drug-likeness (QED) is 0.277. The van der Waals surface area contributed by atoms with Crippen molar-refractivity contribution in [1.82, 2.24) is 0 Å². The minimum Gasteiger partial charge on any atom is -0.467 e. The molecular weight excluding hydrogens is 632 g/mol. The van der Waals surface area contributed by atoms with Gasteiger partial charge in [0.25, 0.3) is 0 Å². The highest BCUT2D eigenvalue weighted by atomic mass is 16.7. The van der Waals surface area contributed by atoms with Crippen LogP contribution in [-0.2, 0) is 57.2 Å². The number of aliphatic hydroxyl groups excluding tert-OH is 1. The van der Waals surface area contributed by atoms with Crippen LogP contribution in [-0.4, -0.2) is 102 Å². The molecule has 0 bridgehead atoms. The van der Waals surface area contributed by atoms with Gasteiger partial charge in [0.05, 0.1) is 13.2 Å². The lowest BCUT2D eigenvalue weighted by molar-refractivity contribution is -0.300. The number of Topliss-reactive ketones (excluding diaryl/α,β-unsaturated/α-hetero) is 1. The fourth-order valence-electron chi connectivity index (χ4n) is 9.64. The Morgan fingerprint density at radius 1 is 0.917 bits per heavy atom. The van der Waals surface area contributed by atoms with Crippen molar-refractivity contribution in [3.8, 4) is 0 Å². The standard InChI is InChI=1S/C34H46O14/c1-16(35)45-26-27(46-17(2)36)29(47-18(3)37)31(48-28(26)30(41)43-6)44-15-24(40)34(42)12-10-22-21-8-7-19-13-20(38)9-11-32(19,4)25(21)23(39)14-33(22,34)5/h13,21-23,25-29,31,39,42H,7-12,14-15H2,1-6H3/t21-,22-,23-,25+,26-,27-,28-,29+,31+,32-,33-,34-/m0/s1. The molecule has 266 valence electrons. The van der Waals surface area contributed by atoms with Crippen LogP contribution in [0.5, 0.6) is 0 Å². The van der Waals surface area contributed by atoms with Crippen molar-refractivity contribution < 1.29 is 67.4 Å². The first-order valence-corrected chi connectivity index (χ1v) is 16.5. The number of methoxy groups -OCH3 is 1. The number of esters is 4. The Labute approximate surface area is 278 Å². The first kappa shape index (κ1) is 36.1. The zero-order valence-electron chi connectivity index (χ0n) is 28.2. The first-order valence-electron chi connectivity index (χ1n) is 16.5. The highest BCUT2D eigenvalue weighted by Crippen LogP contribution is 2.67. The second-order valence-corrected chi connectivity index (χ2v) is 14.4. The van der Waals surface area contributed by atoms with Crippen LogP contribution in [0.25, 0.3) is 0 Å². The molecule has 0 amide bonds. The van der Waals surface area contributed by atoms with Crippen molar-refractivity contribution in [2.24, 2.45) is 28.6 Å². The molecule has 3 saturated carbocycles. The van der Waals surface area contributed by atoms with Gasteiger partial charge in [0.1, 0.15) is 12.2 Å². The lowest BCUT2D eigenvalue weighted by atomic mass is 9.45. The number of ether oxygens (including phenoxy) is 6. The molecule has 12 atom stereocenters. The van der Waals surface area contributed by atoms with Crippen molar-refractivity contribution in [1.29, 1.82) is 0 Å². The number of ketones is 2. The zero-order chi connectivity index (χ0) is 35.3. The van der Waals surface area contributed by atoms with E-state index in [9.17, 15) is 39.0 Å². The van der Waals surface area contributed by atoms with E-state index >= 15 is 0 Å². The van der Waals surface area contributed by atoms with Gasteiger partial charge in [0.2, 0.25) is 0 Å². The fraction of sp³-hybridized carbons (Fsp3) is 0.765. The molecule has 4 aliphatic carbocycles. The van der Waals surface area contributed by atoms with E-state index in [4.69, 9.17) is 28.4 Å². The Balaban J connectivity index is 1.39. The van der Waals surface area contributed by atoms with Crippen LogP contribution >= 0.6 is 0 Å². The topological polar surface area (TPSA) is 198 Å². The van der Waals surface area contributed by atoms with Gasteiger partial charge in [-0.15, -0.1) is 0 Å². The maximum Gasteiger partial charge on any atom is 0.339 e. The summed E-state index contributed by atoms with van der Waals surface area (Å²) in [7, 11) is 1.06. The maximum absolute atomic E-state index is 14.0. The number of carbonyl (C=O) groups is 6. The lowest BCUT2D eigenvalue weighted by Crippen LogP contribution is -2.64. The molecule has 0 radical (unpaired) electrons. The summed E-state index contributed by atoms with van der Waals surface area (Å²) < 4.78 is 32.4. The highest BCUT2D eigenvalue weighted by molar-refractivity contribution is 5.92. The maximum atomic E-state index is 14.0. The summed E-state index contributed by atoms with van der Waals surface area (Å²) in [6, 6.07) is 0. The Kier molecular flexibility index (Phi) is 9.97. The van der Waals surface area contributed by atoms with E-state index in [1.165, 1.54) is 0 Å². The fourth-order valence-corrected chi connectivity index (χ4v) is 9.64. The third-order valence-corrected chi connectivity index (χ3v) is 11.7. The molecular formula is C34H46O14. The molecule has 14 nitrogen and oxygen atoms in total. The molecule has 48 heavy (non-hydrogen) atoms. The van der Waals surface area contributed by atoms with Crippen molar-refractivity contribution >= 4 is 35.4 Å². The van der Waals surface area contributed by atoms with Crippen LogP contribution in [0, 0.1) is 28.6 Å². The van der Waals surface area contributed by atoms with E-state index in [2.05, 4.69) is 6.92 Å². The number of carbonyl (C=O) groups excluding carboxylic acids is 6. The van der Waals surface area contributed by atoms with Gasteiger partial charge in [-0.1, -0.05) is 19.4 Å². The number of aliphatic hydroxyl groups is 2.